The number of aliphatic hydroxyl groups is 2. The molecule has 0 aromatic rings. The molecule has 0 aliphatic rings. The number of hydrogen-bond donors (Lipinski definition) is 3. The fourth-order valence-electron chi connectivity index (χ4n) is 0.0638. The van der Waals surface area contributed by atoms with Gasteiger partial charge in [-0.25, -0.2) is 4.79 Å². The molecule has 0 bridgehead atoms. The highest BCUT2D eigenvalue weighted by Gasteiger charge is 2.09. The summed E-state index contributed by atoms with van der Waals surface area (Å²) in [7, 11) is 0. The Morgan fingerprint density at radius 1 is 1.71 bits per heavy atom. The lowest BCUT2D eigenvalue weighted by molar-refractivity contribution is -0.146. The Morgan fingerprint density at radius 3 is 2.14 bits per heavy atom. The standard InChI is InChI=1S/C3H5O4/c4-1-2(5)3(6)7/h1-2,4-5H,(H,6,7). The van der Waals surface area contributed by atoms with Crippen molar-refractivity contribution < 1.29 is 20.1 Å². The van der Waals surface area contributed by atoms with Crippen molar-refractivity contribution in [2.45, 2.75) is 6.10 Å². The molecular weight excluding hydrogens is 100 g/mol. The second-order valence-electron chi connectivity index (χ2n) is 0.932. The smallest absolute Gasteiger partial charge is 0.335 e. The van der Waals surface area contributed by atoms with Crippen LogP contribution in [-0.4, -0.2) is 27.4 Å². The molecule has 1 atom stereocenters. The molecule has 1 unspecified atom stereocenters. The summed E-state index contributed by atoms with van der Waals surface area (Å²) in [5, 5.41) is 23.5. The largest absolute Gasteiger partial charge is 0.479 e. The Hall–Kier alpha value is -0.610. The van der Waals surface area contributed by atoms with Crippen LogP contribution < -0.4 is 0 Å². The van der Waals surface area contributed by atoms with Gasteiger partial charge in [0.1, 0.15) is 6.61 Å². The van der Waals surface area contributed by atoms with Crippen LogP contribution in [-0.2, 0) is 4.79 Å². The van der Waals surface area contributed by atoms with E-state index in [4.69, 9.17) is 15.3 Å². The monoisotopic (exact) mass is 105 g/mol. The number of aliphatic carboxylic acids is 1. The minimum absolute atomic E-state index is 0.197. The predicted octanol–water partition coefficient (Wildman–Crippen LogP) is -1.03. The van der Waals surface area contributed by atoms with Crippen LogP contribution in [0.5, 0.6) is 0 Å². The van der Waals surface area contributed by atoms with E-state index in [0.717, 1.165) is 0 Å². The molecule has 0 aliphatic carbocycles. The van der Waals surface area contributed by atoms with Crippen LogP contribution in [0.2, 0.25) is 0 Å². The van der Waals surface area contributed by atoms with Crippen LogP contribution in [0.15, 0.2) is 0 Å². The van der Waals surface area contributed by atoms with Crippen molar-refractivity contribution in [3.63, 3.8) is 0 Å². The summed E-state index contributed by atoms with van der Waals surface area (Å²) in [6, 6.07) is 0. The number of carboxylic acid groups (broad SMARTS) is 1. The zero-order valence-electron chi connectivity index (χ0n) is 3.40. The molecule has 4 heteroatoms. The Bertz CT molecular complexity index is 69.3. The average Bonchev–Trinajstić information content (AvgIpc) is 1.65. The van der Waals surface area contributed by atoms with Crippen LogP contribution in [0.25, 0.3) is 0 Å². The maximum Gasteiger partial charge on any atom is 0.335 e. The Balaban J connectivity index is 3.34. The van der Waals surface area contributed by atoms with Crippen molar-refractivity contribution in [3.8, 4) is 0 Å². The molecule has 0 rings (SSSR count). The molecule has 0 heterocycles. The summed E-state index contributed by atoms with van der Waals surface area (Å²) in [4.78, 5) is 9.49. The highest BCUT2D eigenvalue weighted by atomic mass is 16.4. The van der Waals surface area contributed by atoms with E-state index >= 15 is 0 Å². The molecule has 0 saturated heterocycles. The minimum Gasteiger partial charge on any atom is -0.479 e. The molecule has 0 saturated carbocycles. The Morgan fingerprint density at radius 2 is 2.14 bits per heavy atom. The lowest BCUT2D eigenvalue weighted by atomic mass is 10.4. The van der Waals surface area contributed by atoms with Crippen molar-refractivity contribution in [1.29, 1.82) is 0 Å². The summed E-state index contributed by atoms with van der Waals surface area (Å²) in [6.45, 7) is 0.197. The van der Waals surface area contributed by atoms with Gasteiger partial charge < -0.3 is 15.3 Å². The molecule has 4 nitrogen and oxygen atoms in total. The van der Waals surface area contributed by atoms with Gasteiger partial charge in [0.25, 0.3) is 0 Å². The Labute approximate surface area is 40.0 Å². The fraction of sp³-hybridized carbons (Fsp3) is 0.333. The van der Waals surface area contributed by atoms with Crippen LogP contribution in [0, 0.1) is 6.61 Å². The highest BCUT2D eigenvalue weighted by Crippen LogP contribution is 1.81. The number of carbonyl (C=O) groups is 1. The van der Waals surface area contributed by atoms with E-state index in [1.165, 1.54) is 0 Å². The minimum atomic E-state index is -1.75. The van der Waals surface area contributed by atoms with Gasteiger partial charge in [0.15, 0.2) is 6.10 Å². The Kier molecular flexibility index (Phi) is 2.32. The van der Waals surface area contributed by atoms with Crippen molar-refractivity contribution in [2.24, 2.45) is 0 Å². The third kappa shape index (κ3) is 2.13. The lowest BCUT2D eigenvalue weighted by Crippen LogP contribution is -2.19. The molecule has 1 radical (unpaired) electrons. The van der Waals surface area contributed by atoms with Gasteiger partial charge in [-0.3, -0.25) is 0 Å². The first-order chi connectivity index (χ1) is 3.18. The molecule has 7 heavy (non-hydrogen) atoms. The van der Waals surface area contributed by atoms with Crippen molar-refractivity contribution in [2.75, 3.05) is 0 Å². The summed E-state index contributed by atoms with van der Waals surface area (Å²) in [5.41, 5.74) is 0. The van der Waals surface area contributed by atoms with E-state index in [1.54, 1.807) is 0 Å². The number of hydrogen-bond acceptors (Lipinski definition) is 3. The van der Waals surface area contributed by atoms with Crippen molar-refractivity contribution in [1.82, 2.24) is 0 Å². The number of aliphatic hydroxyl groups excluding tert-OH is 2. The normalized spacial score (nSPS) is 13.4. The first kappa shape index (κ1) is 6.39. The van der Waals surface area contributed by atoms with Gasteiger partial charge in [0.2, 0.25) is 0 Å². The van der Waals surface area contributed by atoms with Gasteiger partial charge in [-0.05, 0) is 0 Å². The van der Waals surface area contributed by atoms with Gasteiger partial charge >= 0.3 is 5.97 Å². The summed E-state index contributed by atoms with van der Waals surface area (Å²) in [5.74, 6) is -1.46. The second kappa shape index (κ2) is 2.54. The van der Waals surface area contributed by atoms with E-state index in [1.807, 2.05) is 0 Å². The van der Waals surface area contributed by atoms with E-state index in [9.17, 15) is 4.79 Å². The molecule has 0 spiro atoms. The summed E-state index contributed by atoms with van der Waals surface area (Å²) >= 11 is 0. The van der Waals surface area contributed by atoms with Crippen LogP contribution in [0.1, 0.15) is 0 Å². The van der Waals surface area contributed by atoms with Crippen molar-refractivity contribution in [3.05, 3.63) is 6.61 Å². The van der Waals surface area contributed by atoms with E-state index in [0.29, 0.717) is 0 Å². The first-order valence-electron chi connectivity index (χ1n) is 1.57. The van der Waals surface area contributed by atoms with Gasteiger partial charge in [-0.2, -0.15) is 0 Å². The maximum absolute atomic E-state index is 9.49. The number of rotatable bonds is 2. The fourth-order valence-corrected chi connectivity index (χ4v) is 0.0638. The molecule has 41 valence electrons. The zero-order valence-corrected chi connectivity index (χ0v) is 3.40. The third-order valence-corrected chi connectivity index (χ3v) is 0.394. The van der Waals surface area contributed by atoms with Crippen molar-refractivity contribution >= 4 is 5.97 Å². The molecular formula is C3H5O4. The molecule has 0 aliphatic heterocycles. The zero-order chi connectivity index (χ0) is 5.86. The SMILES string of the molecule is O=C(O)C(O)[CH]O. The topological polar surface area (TPSA) is 77.8 Å². The summed E-state index contributed by atoms with van der Waals surface area (Å²) in [6.07, 6.45) is -1.75. The third-order valence-electron chi connectivity index (χ3n) is 0.394. The van der Waals surface area contributed by atoms with Crippen LogP contribution in [0.4, 0.5) is 0 Å². The number of carboxylic acids is 1. The molecule has 0 fully saturated rings. The van der Waals surface area contributed by atoms with Gasteiger partial charge in [-0.15, -0.1) is 0 Å². The van der Waals surface area contributed by atoms with E-state index in [2.05, 4.69) is 0 Å². The van der Waals surface area contributed by atoms with Gasteiger partial charge in [-0.1, -0.05) is 0 Å². The average molecular weight is 105 g/mol. The van der Waals surface area contributed by atoms with Crippen LogP contribution in [0.3, 0.4) is 0 Å². The molecule has 3 N–H and O–H groups in total. The lowest BCUT2D eigenvalue weighted by Gasteiger charge is -1.94. The summed E-state index contributed by atoms with van der Waals surface area (Å²) < 4.78 is 0. The van der Waals surface area contributed by atoms with E-state index < -0.39 is 12.1 Å². The van der Waals surface area contributed by atoms with Crippen LogP contribution >= 0.6 is 0 Å². The molecule has 0 aromatic carbocycles. The van der Waals surface area contributed by atoms with Gasteiger partial charge in [0.05, 0.1) is 0 Å². The van der Waals surface area contributed by atoms with E-state index in [-0.39, 0.29) is 6.61 Å². The second-order valence-corrected chi connectivity index (χ2v) is 0.932. The van der Waals surface area contributed by atoms with Gasteiger partial charge in [0, 0.05) is 0 Å². The molecule has 0 amide bonds. The predicted molar refractivity (Wildman–Crippen MR) is 19.9 cm³/mol. The highest BCUT2D eigenvalue weighted by molar-refractivity contribution is 5.72. The maximum atomic E-state index is 9.49. The molecule has 0 aromatic heterocycles. The quantitative estimate of drug-likeness (QED) is 0.419. The first-order valence-corrected chi connectivity index (χ1v) is 1.57.